The van der Waals surface area contributed by atoms with Crippen molar-refractivity contribution in [1.82, 2.24) is 4.90 Å². The maximum atomic E-state index is 11.3. The van der Waals surface area contributed by atoms with Crippen molar-refractivity contribution >= 4 is 11.8 Å². The molecule has 106 valence electrons. The first-order chi connectivity index (χ1) is 9.10. The molecule has 4 nitrogen and oxygen atoms in total. The van der Waals surface area contributed by atoms with Crippen LogP contribution in [0.3, 0.4) is 0 Å². The molecule has 1 fully saturated rings. The highest BCUT2D eigenvalue weighted by molar-refractivity contribution is 7.99. The summed E-state index contributed by atoms with van der Waals surface area (Å²) in [6, 6.07) is 1.93. The highest BCUT2D eigenvalue weighted by atomic mass is 32.2. The number of hydrogen-bond acceptors (Lipinski definition) is 5. The molecule has 0 aliphatic heterocycles. The molecule has 1 saturated carbocycles. The van der Waals surface area contributed by atoms with Gasteiger partial charge in [0.25, 0.3) is 0 Å². The van der Waals surface area contributed by atoms with Crippen molar-refractivity contribution in [2.45, 2.75) is 44.0 Å². The third-order valence-electron chi connectivity index (χ3n) is 3.65. The summed E-state index contributed by atoms with van der Waals surface area (Å²) in [6.07, 6.45) is 4.80. The summed E-state index contributed by atoms with van der Waals surface area (Å²) in [7, 11) is 2.07. The molecule has 19 heavy (non-hydrogen) atoms. The smallest absolute Gasteiger partial charge is 0.226 e. The second kappa shape index (κ2) is 6.48. The van der Waals surface area contributed by atoms with E-state index in [1.165, 1.54) is 31.1 Å². The van der Waals surface area contributed by atoms with Crippen LogP contribution < -0.4 is 5.43 Å². The Bertz CT molecular complexity index is 474. The first-order valence-corrected chi connectivity index (χ1v) is 7.77. The van der Waals surface area contributed by atoms with Crippen molar-refractivity contribution in [3.05, 3.63) is 28.3 Å². The predicted molar refractivity (Wildman–Crippen MR) is 77.7 cm³/mol. The van der Waals surface area contributed by atoms with Crippen LogP contribution in [-0.2, 0) is 6.54 Å². The molecule has 1 aromatic rings. The average Bonchev–Trinajstić information content (AvgIpc) is 2.83. The lowest BCUT2D eigenvalue weighted by molar-refractivity contribution is 0.216. The van der Waals surface area contributed by atoms with Crippen LogP contribution in [0.15, 0.2) is 21.5 Å². The van der Waals surface area contributed by atoms with E-state index in [2.05, 4.69) is 18.9 Å². The van der Waals surface area contributed by atoms with Gasteiger partial charge in [-0.25, -0.2) is 0 Å². The highest BCUT2D eigenvalue weighted by Gasteiger charge is 2.27. The fraction of sp³-hybridized carbons (Fsp3) is 0.643. The second-order valence-corrected chi connectivity index (χ2v) is 6.63. The maximum Gasteiger partial charge on any atom is 0.226 e. The van der Waals surface area contributed by atoms with Gasteiger partial charge in [0.2, 0.25) is 5.43 Å². The SMILES string of the molecule is CCS[C@H]1CC[C@@H](N(C)Cc2cc(=O)c(O)co2)C1. The zero-order chi connectivity index (χ0) is 13.8. The van der Waals surface area contributed by atoms with Crippen LogP contribution in [0.5, 0.6) is 5.75 Å². The third-order valence-corrected chi connectivity index (χ3v) is 4.89. The summed E-state index contributed by atoms with van der Waals surface area (Å²) in [5, 5.41) is 9.93. The van der Waals surface area contributed by atoms with E-state index >= 15 is 0 Å². The van der Waals surface area contributed by atoms with Gasteiger partial charge in [0.1, 0.15) is 12.0 Å². The molecule has 1 aromatic heterocycles. The molecule has 0 radical (unpaired) electrons. The van der Waals surface area contributed by atoms with E-state index in [4.69, 9.17) is 9.52 Å². The van der Waals surface area contributed by atoms with E-state index < -0.39 is 0 Å². The number of nitrogens with zero attached hydrogens (tertiary/aromatic N) is 1. The largest absolute Gasteiger partial charge is 0.502 e. The van der Waals surface area contributed by atoms with Gasteiger partial charge >= 0.3 is 0 Å². The van der Waals surface area contributed by atoms with Crippen LogP contribution in [0, 0.1) is 0 Å². The molecule has 0 spiro atoms. The molecular formula is C14H21NO3S. The van der Waals surface area contributed by atoms with Crippen molar-refractivity contribution in [1.29, 1.82) is 0 Å². The predicted octanol–water partition coefficient (Wildman–Crippen LogP) is 2.45. The minimum absolute atomic E-state index is 0.327. The first-order valence-electron chi connectivity index (χ1n) is 6.72. The van der Waals surface area contributed by atoms with Gasteiger partial charge in [0.15, 0.2) is 5.75 Å². The van der Waals surface area contributed by atoms with Crippen LogP contribution in [0.2, 0.25) is 0 Å². The van der Waals surface area contributed by atoms with Gasteiger partial charge in [-0.05, 0) is 32.1 Å². The van der Waals surface area contributed by atoms with E-state index in [-0.39, 0.29) is 11.2 Å². The number of hydrogen-bond donors (Lipinski definition) is 1. The molecule has 0 aromatic carbocycles. The van der Waals surface area contributed by atoms with Gasteiger partial charge in [-0.15, -0.1) is 0 Å². The molecule has 2 atom stereocenters. The first kappa shape index (κ1) is 14.5. The van der Waals surface area contributed by atoms with E-state index in [0.717, 1.165) is 11.5 Å². The number of thioether (sulfide) groups is 1. The van der Waals surface area contributed by atoms with Crippen molar-refractivity contribution in [3.63, 3.8) is 0 Å². The fourth-order valence-electron chi connectivity index (χ4n) is 2.61. The van der Waals surface area contributed by atoms with Gasteiger partial charge in [-0.3, -0.25) is 9.69 Å². The molecule has 0 bridgehead atoms. The summed E-state index contributed by atoms with van der Waals surface area (Å²) < 4.78 is 5.25. The Kier molecular flexibility index (Phi) is 4.93. The fourth-order valence-corrected chi connectivity index (χ4v) is 3.74. The average molecular weight is 283 g/mol. The lowest BCUT2D eigenvalue weighted by Crippen LogP contribution is -2.29. The van der Waals surface area contributed by atoms with Crippen LogP contribution >= 0.6 is 11.8 Å². The Morgan fingerprint density at radius 2 is 2.32 bits per heavy atom. The number of aromatic hydroxyl groups is 1. The van der Waals surface area contributed by atoms with Crippen molar-refractivity contribution in [2.24, 2.45) is 0 Å². The molecule has 0 amide bonds. The number of rotatable bonds is 5. The van der Waals surface area contributed by atoms with Gasteiger partial charge in [0.05, 0.1) is 6.54 Å². The zero-order valence-electron chi connectivity index (χ0n) is 11.5. The van der Waals surface area contributed by atoms with E-state index in [1.807, 2.05) is 11.8 Å². The van der Waals surface area contributed by atoms with Crippen molar-refractivity contribution < 1.29 is 9.52 Å². The molecule has 1 aliphatic rings. The van der Waals surface area contributed by atoms with E-state index in [9.17, 15) is 4.79 Å². The minimum atomic E-state index is -0.375. The summed E-state index contributed by atoms with van der Waals surface area (Å²) >= 11 is 2.04. The van der Waals surface area contributed by atoms with E-state index in [1.54, 1.807) is 0 Å². The Labute approximate surface area is 117 Å². The highest BCUT2D eigenvalue weighted by Crippen LogP contribution is 2.32. The Morgan fingerprint density at radius 1 is 1.53 bits per heavy atom. The van der Waals surface area contributed by atoms with E-state index in [0.29, 0.717) is 18.3 Å². The van der Waals surface area contributed by atoms with Gasteiger partial charge < -0.3 is 9.52 Å². The molecule has 2 rings (SSSR count). The van der Waals surface area contributed by atoms with Crippen molar-refractivity contribution in [2.75, 3.05) is 12.8 Å². The van der Waals surface area contributed by atoms with Crippen LogP contribution in [0.25, 0.3) is 0 Å². The maximum absolute atomic E-state index is 11.3. The molecule has 1 heterocycles. The Hall–Kier alpha value is -0.940. The van der Waals surface area contributed by atoms with Gasteiger partial charge in [0, 0.05) is 17.4 Å². The van der Waals surface area contributed by atoms with Crippen LogP contribution in [-0.4, -0.2) is 34.1 Å². The lowest BCUT2D eigenvalue weighted by Gasteiger charge is -2.23. The quantitative estimate of drug-likeness (QED) is 0.899. The summed E-state index contributed by atoms with van der Waals surface area (Å²) in [4.78, 5) is 13.6. The molecule has 5 heteroatoms. The van der Waals surface area contributed by atoms with Crippen LogP contribution in [0.4, 0.5) is 0 Å². The third kappa shape index (κ3) is 3.76. The molecule has 1 aliphatic carbocycles. The molecule has 0 unspecified atom stereocenters. The van der Waals surface area contributed by atoms with Gasteiger partial charge in [-0.1, -0.05) is 6.92 Å². The zero-order valence-corrected chi connectivity index (χ0v) is 12.3. The minimum Gasteiger partial charge on any atom is -0.502 e. The summed E-state index contributed by atoms with van der Waals surface area (Å²) in [5.41, 5.74) is -0.375. The molecular weight excluding hydrogens is 262 g/mol. The second-order valence-electron chi connectivity index (χ2n) is 5.06. The molecule has 1 N–H and O–H groups in total. The summed E-state index contributed by atoms with van der Waals surface area (Å²) in [6.45, 7) is 2.82. The molecule has 0 saturated heterocycles. The standard InChI is InChI=1S/C14H21NO3S/c1-3-19-12-5-4-10(6-12)15(2)8-11-7-13(16)14(17)9-18-11/h7,9-10,12,17H,3-6,8H2,1-2H3/t10-,12+/m1/s1. The monoisotopic (exact) mass is 283 g/mol. The van der Waals surface area contributed by atoms with Gasteiger partial charge in [-0.2, -0.15) is 11.8 Å². The van der Waals surface area contributed by atoms with Crippen molar-refractivity contribution in [3.8, 4) is 5.75 Å². The summed E-state index contributed by atoms with van der Waals surface area (Å²) in [5.74, 6) is 1.46. The topological polar surface area (TPSA) is 53.7 Å². The lowest BCUT2D eigenvalue weighted by atomic mass is 10.2. The Balaban J connectivity index is 1.92. The Morgan fingerprint density at radius 3 is 3.00 bits per heavy atom. The van der Waals surface area contributed by atoms with Crippen LogP contribution in [0.1, 0.15) is 31.9 Å². The normalized spacial score (nSPS) is 23.1.